The first kappa shape index (κ1) is 25.9. The first-order chi connectivity index (χ1) is 22.5. The van der Waals surface area contributed by atoms with Crippen molar-refractivity contribution in [3.05, 3.63) is 178 Å². The van der Waals surface area contributed by atoms with Crippen LogP contribution in [0.5, 0.6) is 11.5 Å². The van der Waals surface area contributed by atoms with Gasteiger partial charge in [-0.3, -0.25) is 0 Å². The van der Waals surface area contributed by atoms with Crippen LogP contribution in [0.2, 0.25) is 0 Å². The van der Waals surface area contributed by atoms with Crippen LogP contribution in [0.25, 0.3) is 44.2 Å². The molecule has 0 saturated heterocycles. The number of hydrogen-bond acceptors (Lipinski definition) is 1. The zero-order chi connectivity index (χ0) is 30.8. The Balaban J connectivity index is 1.40. The highest BCUT2D eigenvalue weighted by Gasteiger charge is 2.52. The van der Waals surface area contributed by atoms with E-state index in [0.29, 0.717) is 0 Å². The van der Waals surface area contributed by atoms with Crippen LogP contribution in [0.1, 0.15) is 52.8 Å². The zero-order valence-electron chi connectivity index (χ0n) is 26.2. The van der Waals surface area contributed by atoms with E-state index in [1.165, 1.54) is 83.1 Å². The van der Waals surface area contributed by atoms with Crippen molar-refractivity contribution in [3.8, 4) is 44.9 Å². The van der Waals surface area contributed by atoms with E-state index in [4.69, 9.17) is 4.74 Å². The number of rotatable bonds is 1. The SMILES string of the molecule is Cc1ccc2cccc3c2c1C1(c2ccccc2-c2cccc(-c4cccc5c4C(C)(C)c4ccccc4O5)c21)c1ccccc1-3. The molecule has 218 valence electrons. The molecule has 1 heteroatoms. The quantitative estimate of drug-likeness (QED) is 0.185. The molecule has 0 N–H and O–H groups in total. The number of hydrogen-bond donors (Lipinski definition) is 0. The molecule has 1 nitrogen and oxygen atoms in total. The molecule has 2 aliphatic carbocycles. The van der Waals surface area contributed by atoms with E-state index >= 15 is 0 Å². The summed E-state index contributed by atoms with van der Waals surface area (Å²) in [7, 11) is 0. The van der Waals surface area contributed by atoms with Gasteiger partial charge in [0, 0.05) is 16.5 Å². The molecule has 0 fully saturated rings. The number of ether oxygens (including phenoxy) is 1. The van der Waals surface area contributed by atoms with Crippen molar-refractivity contribution in [2.45, 2.75) is 31.6 Å². The third kappa shape index (κ3) is 3.01. The van der Waals surface area contributed by atoms with E-state index in [1.54, 1.807) is 0 Å². The molecule has 0 amide bonds. The average molecular weight is 589 g/mol. The Morgan fingerprint density at radius 3 is 1.70 bits per heavy atom. The first-order valence-electron chi connectivity index (χ1n) is 16.3. The Hall–Kier alpha value is -5.40. The molecular weight excluding hydrogens is 556 g/mol. The number of aryl methyl sites for hydroxylation is 1. The van der Waals surface area contributed by atoms with Gasteiger partial charge in [0.05, 0.1) is 5.41 Å². The van der Waals surface area contributed by atoms with Crippen LogP contribution in [-0.2, 0) is 10.8 Å². The molecule has 0 bridgehead atoms. The Morgan fingerprint density at radius 2 is 0.935 bits per heavy atom. The minimum Gasteiger partial charge on any atom is -0.457 e. The van der Waals surface area contributed by atoms with Crippen molar-refractivity contribution in [2.24, 2.45) is 0 Å². The fourth-order valence-electron chi connectivity index (χ4n) is 9.31. The lowest BCUT2D eigenvalue weighted by Gasteiger charge is -2.42. The van der Waals surface area contributed by atoms with Gasteiger partial charge >= 0.3 is 0 Å². The molecule has 0 radical (unpaired) electrons. The predicted molar refractivity (Wildman–Crippen MR) is 189 cm³/mol. The van der Waals surface area contributed by atoms with Crippen LogP contribution < -0.4 is 4.74 Å². The molecule has 1 atom stereocenters. The monoisotopic (exact) mass is 588 g/mol. The Kier molecular flexibility index (Phi) is 4.99. The largest absolute Gasteiger partial charge is 0.457 e. The molecule has 1 unspecified atom stereocenters. The van der Waals surface area contributed by atoms with Gasteiger partial charge in [0.15, 0.2) is 0 Å². The molecule has 10 rings (SSSR count). The van der Waals surface area contributed by atoms with Crippen LogP contribution in [0.3, 0.4) is 0 Å². The third-order valence-corrected chi connectivity index (χ3v) is 11.0. The average Bonchev–Trinajstić information content (AvgIpc) is 3.38. The standard InChI is InChI=1S/C45H32O/c1-27-25-26-28-13-10-16-31-29-14-4-6-20-35(29)45(41(27)40(28)31)36-21-7-5-15-30(36)32-17-11-18-33(42(32)45)34-19-12-24-39-43(34)44(2,3)37-22-8-9-23-38(37)46-39/h4-26H,1-3H3. The molecular formula is C45H32O. The minimum atomic E-state index is -0.489. The molecule has 0 aromatic heterocycles. The van der Waals surface area contributed by atoms with Gasteiger partial charge in [0.25, 0.3) is 0 Å². The zero-order valence-corrected chi connectivity index (χ0v) is 26.2. The summed E-state index contributed by atoms with van der Waals surface area (Å²) in [5.74, 6) is 1.88. The Bertz CT molecular complexity index is 2440. The highest BCUT2D eigenvalue weighted by molar-refractivity contribution is 6.08. The summed E-state index contributed by atoms with van der Waals surface area (Å²) in [4.78, 5) is 0. The normalized spacial score (nSPS) is 17.5. The topological polar surface area (TPSA) is 9.23 Å². The maximum absolute atomic E-state index is 6.66. The van der Waals surface area contributed by atoms with Crippen LogP contribution in [0.15, 0.2) is 140 Å². The van der Waals surface area contributed by atoms with Crippen LogP contribution in [0, 0.1) is 6.92 Å². The number of para-hydroxylation sites is 1. The van der Waals surface area contributed by atoms with Crippen LogP contribution >= 0.6 is 0 Å². The second-order valence-electron chi connectivity index (χ2n) is 13.6. The van der Waals surface area contributed by atoms with Crippen LogP contribution in [-0.4, -0.2) is 0 Å². The van der Waals surface area contributed by atoms with Crippen molar-refractivity contribution in [1.29, 1.82) is 0 Å². The molecule has 1 heterocycles. The highest BCUT2D eigenvalue weighted by Crippen LogP contribution is 2.65. The van der Waals surface area contributed by atoms with Crippen molar-refractivity contribution < 1.29 is 4.74 Å². The van der Waals surface area contributed by atoms with Gasteiger partial charge < -0.3 is 4.74 Å². The second-order valence-corrected chi connectivity index (χ2v) is 13.6. The number of fused-ring (bicyclic) bond motifs is 11. The highest BCUT2D eigenvalue weighted by atomic mass is 16.5. The van der Waals surface area contributed by atoms with Gasteiger partial charge in [0.2, 0.25) is 0 Å². The number of benzene rings is 7. The van der Waals surface area contributed by atoms with E-state index < -0.39 is 5.41 Å². The minimum absolute atomic E-state index is 0.255. The summed E-state index contributed by atoms with van der Waals surface area (Å²) < 4.78 is 6.66. The van der Waals surface area contributed by atoms with E-state index in [9.17, 15) is 0 Å². The lowest BCUT2D eigenvalue weighted by atomic mass is 9.59. The van der Waals surface area contributed by atoms with Crippen molar-refractivity contribution in [3.63, 3.8) is 0 Å². The van der Waals surface area contributed by atoms with Crippen LogP contribution in [0.4, 0.5) is 0 Å². The summed E-state index contributed by atoms with van der Waals surface area (Å²) >= 11 is 0. The Morgan fingerprint density at radius 1 is 0.413 bits per heavy atom. The molecule has 1 aliphatic heterocycles. The van der Waals surface area contributed by atoms with E-state index in [-0.39, 0.29) is 5.41 Å². The smallest absolute Gasteiger partial charge is 0.132 e. The van der Waals surface area contributed by atoms with Gasteiger partial charge in [-0.15, -0.1) is 0 Å². The van der Waals surface area contributed by atoms with Crippen molar-refractivity contribution >= 4 is 10.8 Å². The predicted octanol–water partition coefficient (Wildman–Crippen LogP) is 11.6. The Labute approximate surface area is 269 Å². The fourth-order valence-corrected chi connectivity index (χ4v) is 9.31. The molecule has 0 saturated carbocycles. The summed E-state index contributed by atoms with van der Waals surface area (Å²) in [6, 6.07) is 51.8. The fraction of sp³-hybridized carbons (Fsp3) is 0.111. The van der Waals surface area contributed by atoms with E-state index in [1.807, 2.05) is 0 Å². The summed E-state index contributed by atoms with van der Waals surface area (Å²) in [5, 5.41) is 2.66. The second kappa shape index (κ2) is 8.86. The molecule has 1 spiro atoms. The van der Waals surface area contributed by atoms with Crippen molar-refractivity contribution in [2.75, 3.05) is 0 Å². The van der Waals surface area contributed by atoms with E-state index in [0.717, 1.165) is 11.5 Å². The molecule has 3 aliphatic rings. The molecule has 46 heavy (non-hydrogen) atoms. The summed E-state index contributed by atoms with van der Waals surface area (Å²) in [6.45, 7) is 7.01. The lowest BCUT2D eigenvalue weighted by Crippen LogP contribution is -2.33. The summed E-state index contributed by atoms with van der Waals surface area (Å²) in [6.07, 6.45) is 0. The maximum Gasteiger partial charge on any atom is 0.132 e. The molecule has 7 aromatic rings. The summed E-state index contributed by atoms with van der Waals surface area (Å²) in [5.41, 5.74) is 16.3. The molecule has 7 aromatic carbocycles. The van der Waals surface area contributed by atoms with Gasteiger partial charge in [-0.1, -0.05) is 141 Å². The first-order valence-corrected chi connectivity index (χ1v) is 16.3. The van der Waals surface area contributed by atoms with Crippen molar-refractivity contribution in [1.82, 2.24) is 0 Å². The van der Waals surface area contributed by atoms with Gasteiger partial charge in [-0.2, -0.15) is 0 Å². The van der Waals surface area contributed by atoms with E-state index in [2.05, 4.69) is 160 Å². The lowest BCUT2D eigenvalue weighted by molar-refractivity contribution is 0.419. The van der Waals surface area contributed by atoms with Gasteiger partial charge in [-0.25, -0.2) is 0 Å². The maximum atomic E-state index is 6.66. The van der Waals surface area contributed by atoms with Gasteiger partial charge in [0.1, 0.15) is 11.5 Å². The third-order valence-electron chi connectivity index (χ3n) is 11.0. The van der Waals surface area contributed by atoms with Gasteiger partial charge in [-0.05, 0) is 91.0 Å².